The summed E-state index contributed by atoms with van der Waals surface area (Å²) in [4.78, 5) is 18.4. The number of furan rings is 1. The van der Waals surface area contributed by atoms with Crippen molar-refractivity contribution in [3.05, 3.63) is 52.6 Å². The normalized spacial score (nSPS) is 14.7. The van der Waals surface area contributed by atoms with E-state index in [4.69, 9.17) is 26.5 Å². The van der Waals surface area contributed by atoms with E-state index in [0.717, 1.165) is 11.6 Å². The van der Waals surface area contributed by atoms with Gasteiger partial charge in [-0.05, 0) is 24.3 Å². The molecular weight excluding hydrogens is 373 g/mol. The molecule has 140 valence electrons. The summed E-state index contributed by atoms with van der Waals surface area (Å²) in [5.74, 6) is -0.421. The van der Waals surface area contributed by atoms with E-state index in [2.05, 4.69) is 4.98 Å². The Balaban J connectivity index is 1.74. The van der Waals surface area contributed by atoms with Gasteiger partial charge in [0.1, 0.15) is 5.76 Å². The van der Waals surface area contributed by atoms with Crippen LogP contribution >= 0.6 is 11.6 Å². The highest BCUT2D eigenvalue weighted by atomic mass is 35.5. The number of pyridine rings is 1. The molecule has 8 heteroatoms. The van der Waals surface area contributed by atoms with Crippen LogP contribution < -0.4 is 5.73 Å². The lowest BCUT2D eigenvalue weighted by molar-refractivity contribution is 0.0300. The van der Waals surface area contributed by atoms with Gasteiger partial charge >= 0.3 is 0 Å². The lowest BCUT2D eigenvalue weighted by Gasteiger charge is -2.27. The van der Waals surface area contributed by atoms with Gasteiger partial charge in [-0.3, -0.25) is 9.78 Å². The van der Waals surface area contributed by atoms with E-state index in [9.17, 15) is 9.18 Å². The van der Waals surface area contributed by atoms with Crippen molar-refractivity contribution in [1.29, 1.82) is 0 Å². The highest BCUT2D eigenvalue weighted by molar-refractivity contribution is 6.35. The van der Waals surface area contributed by atoms with Gasteiger partial charge in [0.05, 0.1) is 42.2 Å². The molecule has 0 radical (unpaired) electrons. The molecule has 1 fully saturated rings. The Kier molecular flexibility index (Phi) is 4.82. The Morgan fingerprint density at radius 2 is 2.04 bits per heavy atom. The minimum atomic E-state index is -0.656. The fourth-order valence-electron chi connectivity index (χ4n) is 3.11. The van der Waals surface area contributed by atoms with E-state index in [-0.39, 0.29) is 18.0 Å². The molecule has 1 saturated heterocycles. The average Bonchev–Trinajstić information content (AvgIpc) is 3.12. The van der Waals surface area contributed by atoms with Crippen molar-refractivity contribution in [2.75, 3.05) is 26.3 Å². The van der Waals surface area contributed by atoms with Crippen molar-refractivity contribution >= 4 is 28.5 Å². The SMILES string of the molecule is NCc1cc2cc(-c3cc(C(=O)N4CCOCC4)c(F)cn3)cc(Cl)c2o1. The number of ether oxygens (including phenoxy) is 1. The summed E-state index contributed by atoms with van der Waals surface area (Å²) in [7, 11) is 0. The number of carbonyl (C=O) groups is 1. The first kappa shape index (κ1) is 17.9. The summed E-state index contributed by atoms with van der Waals surface area (Å²) in [6.07, 6.45) is 1.06. The molecular formula is C19H17ClFN3O3. The van der Waals surface area contributed by atoms with Gasteiger partial charge in [0.15, 0.2) is 11.4 Å². The van der Waals surface area contributed by atoms with E-state index in [1.807, 2.05) is 6.07 Å². The topological polar surface area (TPSA) is 81.6 Å². The summed E-state index contributed by atoms with van der Waals surface area (Å²) in [6, 6.07) is 6.76. The number of carbonyl (C=O) groups excluding carboxylic acids is 1. The monoisotopic (exact) mass is 389 g/mol. The molecule has 1 aliphatic heterocycles. The first-order valence-electron chi connectivity index (χ1n) is 8.52. The summed E-state index contributed by atoms with van der Waals surface area (Å²) in [5, 5.41) is 1.17. The number of morpholine rings is 1. The molecule has 0 spiro atoms. The minimum Gasteiger partial charge on any atom is -0.458 e. The molecule has 0 atom stereocenters. The molecule has 0 bridgehead atoms. The van der Waals surface area contributed by atoms with Crippen molar-refractivity contribution in [3.63, 3.8) is 0 Å². The Hall–Kier alpha value is -2.48. The summed E-state index contributed by atoms with van der Waals surface area (Å²) < 4.78 is 25.1. The van der Waals surface area contributed by atoms with Crippen LogP contribution in [0.15, 0.2) is 34.9 Å². The van der Waals surface area contributed by atoms with Crippen LogP contribution in [0.5, 0.6) is 0 Å². The third-order valence-electron chi connectivity index (χ3n) is 4.50. The first-order chi connectivity index (χ1) is 13.1. The van der Waals surface area contributed by atoms with Crippen LogP contribution in [0.2, 0.25) is 5.02 Å². The number of hydrogen-bond acceptors (Lipinski definition) is 5. The van der Waals surface area contributed by atoms with Gasteiger partial charge in [0.25, 0.3) is 5.91 Å². The quantitative estimate of drug-likeness (QED) is 0.743. The van der Waals surface area contributed by atoms with E-state index in [1.54, 1.807) is 17.0 Å². The van der Waals surface area contributed by atoms with Crippen LogP contribution in [0.3, 0.4) is 0 Å². The maximum Gasteiger partial charge on any atom is 0.257 e. The average molecular weight is 390 g/mol. The van der Waals surface area contributed by atoms with Crippen LogP contribution in [-0.2, 0) is 11.3 Å². The molecule has 27 heavy (non-hydrogen) atoms. The molecule has 1 aromatic carbocycles. The van der Waals surface area contributed by atoms with Crippen molar-refractivity contribution in [3.8, 4) is 11.3 Å². The molecule has 0 unspecified atom stereocenters. The van der Waals surface area contributed by atoms with Gasteiger partial charge in [-0.1, -0.05) is 11.6 Å². The van der Waals surface area contributed by atoms with Gasteiger partial charge in [-0.25, -0.2) is 4.39 Å². The standard InChI is InChI=1S/C19H17ClFN3O3/c20-15-7-11(5-12-6-13(9-22)27-18(12)15)17-8-14(16(21)10-23-17)19(25)24-1-3-26-4-2-24/h5-8,10H,1-4,9,22H2. The van der Waals surface area contributed by atoms with Crippen molar-refractivity contribution in [1.82, 2.24) is 9.88 Å². The smallest absolute Gasteiger partial charge is 0.257 e. The molecule has 6 nitrogen and oxygen atoms in total. The van der Waals surface area contributed by atoms with Gasteiger partial charge in [-0.2, -0.15) is 0 Å². The van der Waals surface area contributed by atoms with Crippen LogP contribution in [0.1, 0.15) is 16.1 Å². The number of aromatic nitrogens is 1. The number of amides is 1. The fraction of sp³-hybridized carbons (Fsp3) is 0.263. The molecule has 3 heterocycles. The number of hydrogen-bond donors (Lipinski definition) is 1. The fourth-order valence-corrected chi connectivity index (χ4v) is 3.37. The second-order valence-electron chi connectivity index (χ2n) is 6.25. The first-order valence-corrected chi connectivity index (χ1v) is 8.89. The Morgan fingerprint density at radius 1 is 1.26 bits per heavy atom. The van der Waals surface area contributed by atoms with E-state index in [0.29, 0.717) is 53.9 Å². The minimum absolute atomic E-state index is 0.0204. The van der Waals surface area contributed by atoms with Gasteiger partial charge in [0, 0.05) is 24.0 Å². The number of rotatable bonds is 3. The number of benzene rings is 1. The van der Waals surface area contributed by atoms with Crippen molar-refractivity contribution in [2.45, 2.75) is 6.54 Å². The largest absolute Gasteiger partial charge is 0.458 e. The lowest BCUT2D eigenvalue weighted by atomic mass is 10.1. The Morgan fingerprint density at radius 3 is 2.78 bits per heavy atom. The summed E-state index contributed by atoms with van der Waals surface area (Å²) in [6.45, 7) is 2.02. The van der Waals surface area contributed by atoms with E-state index >= 15 is 0 Å². The predicted octanol–water partition coefficient (Wildman–Crippen LogP) is 3.22. The van der Waals surface area contributed by atoms with Crippen LogP contribution in [0.4, 0.5) is 4.39 Å². The molecule has 0 aliphatic carbocycles. The lowest BCUT2D eigenvalue weighted by Crippen LogP contribution is -2.41. The van der Waals surface area contributed by atoms with E-state index in [1.165, 1.54) is 6.07 Å². The van der Waals surface area contributed by atoms with Crippen molar-refractivity contribution < 1.29 is 18.3 Å². The molecule has 1 aliphatic rings. The van der Waals surface area contributed by atoms with E-state index < -0.39 is 5.82 Å². The Bertz CT molecular complexity index is 1010. The molecule has 0 saturated carbocycles. The zero-order valence-electron chi connectivity index (χ0n) is 14.4. The second kappa shape index (κ2) is 7.26. The highest BCUT2D eigenvalue weighted by Gasteiger charge is 2.22. The zero-order chi connectivity index (χ0) is 19.0. The number of nitrogens with two attached hydrogens (primary N) is 1. The third kappa shape index (κ3) is 3.41. The predicted molar refractivity (Wildman–Crippen MR) is 99.0 cm³/mol. The molecule has 2 N–H and O–H groups in total. The molecule has 3 aromatic rings. The summed E-state index contributed by atoms with van der Waals surface area (Å²) >= 11 is 6.31. The van der Waals surface area contributed by atoms with Crippen molar-refractivity contribution in [2.24, 2.45) is 5.73 Å². The number of halogens is 2. The van der Waals surface area contributed by atoms with Crippen LogP contribution in [-0.4, -0.2) is 42.1 Å². The van der Waals surface area contributed by atoms with Gasteiger partial charge < -0.3 is 19.8 Å². The third-order valence-corrected chi connectivity index (χ3v) is 4.78. The molecule has 2 aromatic heterocycles. The molecule has 4 rings (SSSR count). The summed E-state index contributed by atoms with van der Waals surface area (Å²) in [5.41, 5.74) is 7.24. The highest BCUT2D eigenvalue weighted by Crippen LogP contribution is 2.32. The number of fused-ring (bicyclic) bond motifs is 1. The number of nitrogens with zero attached hydrogens (tertiary/aromatic N) is 2. The van der Waals surface area contributed by atoms with Crippen LogP contribution in [0.25, 0.3) is 22.2 Å². The maximum atomic E-state index is 14.3. The zero-order valence-corrected chi connectivity index (χ0v) is 15.1. The Labute approximate surface area is 159 Å². The molecule has 1 amide bonds. The van der Waals surface area contributed by atoms with Gasteiger partial charge in [0.2, 0.25) is 0 Å². The van der Waals surface area contributed by atoms with Crippen LogP contribution in [0, 0.1) is 5.82 Å². The second-order valence-corrected chi connectivity index (χ2v) is 6.65. The maximum absolute atomic E-state index is 14.3. The van der Waals surface area contributed by atoms with Gasteiger partial charge in [-0.15, -0.1) is 0 Å².